The van der Waals surface area contributed by atoms with Crippen LogP contribution < -0.4 is 0 Å². The van der Waals surface area contributed by atoms with E-state index in [0.717, 1.165) is 13.0 Å². The van der Waals surface area contributed by atoms with Crippen LogP contribution in [0.15, 0.2) is 0 Å². The van der Waals surface area contributed by atoms with Crippen LogP contribution in [0.25, 0.3) is 0 Å². The third-order valence-electron chi connectivity index (χ3n) is 1.69. The van der Waals surface area contributed by atoms with Gasteiger partial charge in [-0.15, -0.1) is 0 Å². The van der Waals surface area contributed by atoms with Crippen molar-refractivity contribution >= 4 is 0 Å². The lowest BCUT2D eigenvalue weighted by Crippen LogP contribution is -2.36. The van der Waals surface area contributed by atoms with Gasteiger partial charge in [0.2, 0.25) is 0 Å². The molecule has 2 atom stereocenters. The molecule has 0 bridgehead atoms. The third kappa shape index (κ3) is 1.62. The Morgan fingerprint density at radius 2 is 2.20 bits per heavy atom. The predicted molar refractivity (Wildman–Crippen MR) is 36.5 cm³/mol. The van der Waals surface area contributed by atoms with Crippen LogP contribution in [0, 0.1) is 6.61 Å². The maximum Gasteiger partial charge on any atom is 0.260 e. The van der Waals surface area contributed by atoms with Crippen LogP contribution >= 0.6 is 0 Å². The van der Waals surface area contributed by atoms with Crippen LogP contribution in [0.3, 0.4) is 0 Å². The van der Waals surface area contributed by atoms with Gasteiger partial charge in [0.15, 0.2) is 0 Å². The average Bonchev–Trinajstić information content (AvgIpc) is 2.04. The molecule has 1 aliphatic rings. The van der Waals surface area contributed by atoms with E-state index in [9.17, 15) is 0 Å². The second kappa shape index (κ2) is 3.81. The minimum Gasteiger partial charge on any atom is -0.374 e. The standard InChI is InChI=1S/C7H13O3/c1-8-6-3-4-10-5-7(6)9-2/h5-7H,3-4H2,1-2H3/q+1/t6-,7-/m0/s1. The highest BCUT2D eigenvalue weighted by molar-refractivity contribution is 4.81. The summed E-state index contributed by atoms with van der Waals surface area (Å²) in [5.74, 6) is 0. The van der Waals surface area contributed by atoms with Crippen LogP contribution in [0.1, 0.15) is 6.42 Å². The zero-order valence-electron chi connectivity index (χ0n) is 6.37. The predicted octanol–water partition coefficient (Wildman–Crippen LogP) is 0.598. The summed E-state index contributed by atoms with van der Waals surface area (Å²) in [7, 11) is 3.34. The highest BCUT2D eigenvalue weighted by atomic mass is 16.6. The maximum absolute atomic E-state index is 5.16. The summed E-state index contributed by atoms with van der Waals surface area (Å²) >= 11 is 0. The molecule has 0 N–H and O–H groups in total. The maximum atomic E-state index is 5.16. The molecule has 0 saturated carbocycles. The number of hydrogen-bond acceptors (Lipinski definition) is 3. The van der Waals surface area contributed by atoms with Gasteiger partial charge in [0.1, 0.15) is 12.7 Å². The topological polar surface area (TPSA) is 27.7 Å². The Morgan fingerprint density at radius 1 is 1.40 bits per heavy atom. The van der Waals surface area contributed by atoms with E-state index in [2.05, 4.69) is 0 Å². The lowest BCUT2D eigenvalue weighted by atomic mass is 10.1. The highest BCUT2D eigenvalue weighted by Gasteiger charge is 2.33. The molecule has 0 aromatic carbocycles. The summed E-state index contributed by atoms with van der Waals surface area (Å²) in [6.07, 6.45) is 1.07. The largest absolute Gasteiger partial charge is 0.374 e. The van der Waals surface area contributed by atoms with Gasteiger partial charge in [-0.25, -0.2) is 0 Å². The number of ether oxygens (including phenoxy) is 3. The van der Waals surface area contributed by atoms with Crippen LogP contribution in [-0.4, -0.2) is 33.0 Å². The number of hydrogen-bond donors (Lipinski definition) is 0. The van der Waals surface area contributed by atoms with E-state index in [-0.39, 0.29) is 12.2 Å². The fourth-order valence-electron chi connectivity index (χ4n) is 1.06. The van der Waals surface area contributed by atoms with Crippen LogP contribution in [0.4, 0.5) is 0 Å². The molecule has 0 radical (unpaired) electrons. The lowest BCUT2D eigenvalue weighted by Gasteiger charge is -2.20. The normalized spacial score (nSPS) is 33.4. The average molecular weight is 145 g/mol. The van der Waals surface area contributed by atoms with E-state index in [0.29, 0.717) is 0 Å². The molecule has 10 heavy (non-hydrogen) atoms. The van der Waals surface area contributed by atoms with Gasteiger partial charge in [0.25, 0.3) is 12.7 Å². The number of rotatable bonds is 2. The van der Waals surface area contributed by atoms with Crippen molar-refractivity contribution in [1.29, 1.82) is 0 Å². The summed E-state index contributed by atoms with van der Waals surface area (Å²) < 4.78 is 15.3. The van der Waals surface area contributed by atoms with E-state index < -0.39 is 0 Å². The molecule has 1 heterocycles. The van der Waals surface area contributed by atoms with Crippen molar-refractivity contribution in [2.75, 3.05) is 20.8 Å². The summed E-state index contributed by atoms with van der Waals surface area (Å²) in [6, 6.07) is 0. The zero-order valence-corrected chi connectivity index (χ0v) is 6.37. The molecule has 1 fully saturated rings. The van der Waals surface area contributed by atoms with Gasteiger partial charge in [0.05, 0.1) is 0 Å². The molecule has 0 aromatic heterocycles. The van der Waals surface area contributed by atoms with E-state index in [4.69, 9.17) is 14.2 Å². The van der Waals surface area contributed by atoms with Crippen LogP contribution in [0.2, 0.25) is 0 Å². The summed E-state index contributed by atoms with van der Waals surface area (Å²) in [6.45, 7) is 2.43. The van der Waals surface area contributed by atoms with Gasteiger partial charge in [-0.1, -0.05) is 0 Å². The fourth-order valence-corrected chi connectivity index (χ4v) is 1.06. The van der Waals surface area contributed by atoms with E-state index in [1.807, 2.05) is 0 Å². The summed E-state index contributed by atoms with van der Waals surface area (Å²) in [4.78, 5) is 0. The van der Waals surface area contributed by atoms with E-state index >= 15 is 0 Å². The molecule has 3 nitrogen and oxygen atoms in total. The van der Waals surface area contributed by atoms with Gasteiger partial charge < -0.3 is 9.47 Å². The molecule has 3 heteroatoms. The Hall–Kier alpha value is -0.250. The van der Waals surface area contributed by atoms with E-state index in [1.54, 1.807) is 20.8 Å². The zero-order chi connectivity index (χ0) is 7.40. The molecule has 1 saturated heterocycles. The van der Waals surface area contributed by atoms with Crippen LogP contribution in [0.5, 0.6) is 0 Å². The Kier molecular flexibility index (Phi) is 2.99. The molecule has 0 unspecified atom stereocenters. The highest BCUT2D eigenvalue weighted by Crippen LogP contribution is 2.15. The van der Waals surface area contributed by atoms with Gasteiger partial charge >= 0.3 is 0 Å². The lowest BCUT2D eigenvalue weighted by molar-refractivity contribution is -0.0863. The Balaban J connectivity index is 2.34. The quantitative estimate of drug-likeness (QED) is 0.532. The van der Waals surface area contributed by atoms with Gasteiger partial charge in [-0.2, -0.15) is 4.74 Å². The van der Waals surface area contributed by atoms with Crippen molar-refractivity contribution in [2.24, 2.45) is 0 Å². The molecule has 0 amide bonds. The minimum atomic E-state index is -0.00116. The first-order chi connectivity index (χ1) is 4.88. The number of methoxy groups -OCH3 is 2. The second-order valence-electron chi connectivity index (χ2n) is 2.27. The first-order valence-electron chi connectivity index (χ1n) is 3.39. The fraction of sp³-hybridized carbons (Fsp3) is 0.857. The third-order valence-corrected chi connectivity index (χ3v) is 1.69. The van der Waals surface area contributed by atoms with Gasteiger partial charge in [-0.3, -0.25) is 0 Å². The molecular weight excluding hydrogens is 132 g/mol. The molecule has 0 spiro atoms. The second-order valence-corrected chi connectivity index (χ2v) is 2.27. The van der Waals surface area contributed by atoms with Gasteiger partial charge in [0, 0.05) is 20.6 Å². The SMILES string of the molecule is CO[C@H]1[CH+]OCC[C@@H]1OC. The monoisotopic (exact) mass is 145 g/mol. The van der Waals surface area contributed by atoms with E-state index in [1.165, 1.54) is 0 Å². The Morgan fingerprint density at radius 3 is 2.70 bits per heavy atom. The first-order valence-corrected chi connectivity index (χ1v) is 3.39. The summed E-state index contributed by atoms with van der Waals surface area (Å²) in [5, 5.41) is 0. The molecule has 1 rings (SSSR count). The van der Waals surface area contributed by atoms with Crippen molar-refractivity contribution < 1.29 is 14.2 Å². The van der Waals surface area contributed by atoms with Crippen molar-refractivity contribution in [1.82, 2.24) is 0 Å². The van der Waals surface area contributed by atoms with Gasteiger partial charge in [-0.05, 0) is 0 Å². The molecular formula is C7H13O3+. The minimum absolute atomic E-state index is 0.00116. The van der Waals surface area contributed by atoms with Crippen molar-refractivity contribution in [3.8, 4) is 0 Å². The first kappa shape index (κ1) is 7.85. The molecule has 0 aromatic rings. The van der Waals surface area contributed by atoms with Crippen molar-refractivity contribution in [2.45, 2.75) is 18.6 Å². The van der Waals surface area contributed by atoms with Crippen molar-refractivity contribution in [3.05, 3.63) is 6.61 Å². The summed E-state index contributed by atoms with van der Waals surface area (Å²) in [5.41, 5.74) is 0. The molecule has 58 valence electrons. The smallest absolute Gasteiger partial charge is 0.260 e. The van der Waals surface area contributed by atoms with Crippen LogP contribution in [-0.2, 0) is 14.2 Å². The Bertz CT molecular complexity index is 82.9. The molecule has 0 aliphatic carbocycles. The van der Waals surface area contributed by atoms with Crippen molar-refractivity contribution in [3.63, 3.8) is 0 Å². The molecule has 1 aliphatic heterocycles. The Labute approximate surface area is 61.3 Å².